The minimum absolute atomic E-state index is 0.457. The number of nitrogens with zero attached hydrogens (tertiary/aromatic N) is 5. The second kappa shape index (κ2) is 6.20. The Labute approximate surface area is 133 Å². The van der Waals surface area contributed by atoms with Crippen molar-refractivity contribution in [1.82, 2.24) is 25.3 Å². The lowest BCUT2D eigenvalue weighted by atomic mass is 10.1. The summed E-state index contributed by atoms with van der Waals surface area (Å²) in [5.74, 6) is 1.84. The molecule has 0 saturated carbocycles. The number of benzene rings is 1. The zero-order valence-corrected chi connectivity index (χ0v) is 12.8. The summed E-state index contributed by atoms with van der Waals surface area (Å²) in [4.78, 5) is 10.9. The Morgan fingerprint density at radius 1 is 1.09 bits per heavy atom. The van der Waals surface area contributed by atoms with Gasteiger partial charge in [-0.15, -0.1) is 0 Å². The van der Waals surface area contributed by atoms with Gasteiger partial charge in [-0.3, -0.25) is 5.10 Å². The van der Waals surface area contributed by atoms with Crippen LogP contribution in [0.5, 0.6) is 0 Å². The molecule has 1 N–H and O–H groups in total. The number of hydrogen-bond acceptors (Lipinski definition) is 6. The number of hydrogen-bond donors (Lipinski definition) is 1. The van der Waals surface area contributed by atoms with Crippen LogP contribution in [0.15, 0.2) is 35.1 Å². The number of H-pyrrole nitrogens is 1. The molecule has 0 bridgehead atoms. The first-order chi connectivity index (χ1) is 11.4. The molecule has 0 spiro atoms. The Balaban J connectivity index is 1.48. The summed E-state index contributed by atoms with van der Waals surface area (Å²) >= 11 is 0. The fourth-order valence-corrected chi connectivity index (χ4v) is 2.88. The zero-order chi connectivity index (χ0) is 15.5. The van der Waals surface area contributed by atoms with Crippen molar-refractivity contribution >= 4 is 5.69 Å². The molecule has 1 aliphatic rings. The largest absolute Gasteiger partial charge is 0.372 e. The van der Waals surface area contributed by atoms with Gasteiger partial charge in [0.25, 0.3) is 0 Å². The van der Waals surface area contributed by atoms with E-state index in [1.54, 1.807) is 0 Å². The molecule has 118 valence electrons. The summed E-state index contributed by atoms with van der Waals surface area (Å²) in [6.07, 6.45) is 5.81. The molecular formula is C16H18N6O. The van der Waals surface area contributed by atoms with Gasteiger partial charge in [0.15, 0.2) is 0 Å². The maximum Gasteiger partial charge on any atom is 0.234 e. The Kier molecular flexibility index (Phi) is 3.75. The van der Waals surface area contributed by atoms with E-state index in [-0.39, 0.29) is 0 Å². The highest BCUT2D eigenvalue weighted by Crippen LogP contribution is 2.23. The molecule has 23 heavy (non-hydrogen) atoms. The first kappa shape index (κ1) is 13.9. The molecule has 0 amide bonds. The minimum atomic E-state index is 0.457. The SMILES string of the molecule is c1n[nH]c(Cc2nc(-c3ccc(N4CCCCC4)cc3)no2)n1. The van der Waals surface area contributed by atoms with Crippen molar-refractivity contribution < 1.29 is 4.52 Å². The Morgan fingerprint density at radius 3 is 2.65 bits per heavy atom. The lowest BCUT2D eigenvalue weighted by Gasteiger charge is -2.28. The Hall–Kier alpha value is -2.70. The zero-order valence-electron chi connectivity index (χ0n) is 12.8. The van der Waals surface area contributed by atoms with Crippen LogP contribution in [0.1, 0.15) is 31.0 Å². The van der Waals surface area contributed by atoms with Gasteiger partial charge in [0.2, 0.25) is 11.7 Å². The average Bonchev–Trinajstić information content (AvgIpc) is 3.28. The molecule has 7 heteroatoms. The van der Waals surface area contributed by atoms with Gasteiger partial charge in [-0.05, 0) is 43.5 Å². The number of piperidine rings is 1. The van der Waals surface area contributed by atoms with Crippen molar-refractivity contribution in [2.24, 2.45) is 0 Å². The van der Waals surface area contributed by atoms with Crippen LogP contribution < -0.4 is 4.90 Å². The number of rotatable bonds is 4. The first-order valence-corrected chi connectivity index (χ1v) is 7.91. The van der Waals surface area contributed by atoms with E-state index in [1.807, 2.05) is 12.1 Å². The van der Waals surface area contributed by atoms with Gasteiger partial charge in [-0.2, -0.15) is 10.1 Å². The average molecular weight is 310 g/mol. The number of aromatic amines is 1. The van der Waals surface area contributed by atoms with Crippen LogP contribution in [0.3, 0.4) is 0 Å². The van der Waals surface area contributed by atoms with E-state index >= 15 is 0 Å². The molecule has 1 aliphatic heterocycles. The van der Waals surface area contributed by atoms with Gasteiger partial charge in [0.05, 0.1) is 6.42 Å². The maximum atomic E-state index is 5.28. The molecule has 3 heterocycles. The molecule has 0 atom stereocenters. The van der Waals surface area contributed by atoms with Gasteiger partial charge in [-0.1, -0.05) is 5.16 Å². The second-order valence-corrected chi connectivity index (χ2v) is 5.72. The topological polar surface area (TPSA) is 83.7 Å². The summed E-state index contributed by atoms with van der Waals surface area (Å²) in [6, 6.07) is 8.36. The second-order valence-electron chi connectivity index (χ2n) is 5.72. The normalized spacial score (nSPS) is 15.0. The fraction of sp³-hybridized carbons (Fsp3) is 0.375. The quantitative estimate of drug-likeness (QED) is 0.797. The van der Waals surface area contributed by atoms with Crippen LogP contribution in [0.25, 0.3) is 11.4 Å². The van der Waals surface area contributed by atoms with Crippen LogP contribution >= 0.6 is 0 Å². The third-order valence-corrected chi connectivity index (χ3v) is 4.10. The van der Waals surface area contributed by atoms with Gasteiger partial charge >= 0.3 is 0 Å². The van der Waals surface area contributed by atoms with Crippen LogP contribution in [0.2, 0.25) is 0 Å². The highest BCUT2D eigenvalue weighted by molar-refractivity contribution is 5.60. The molecule has 0 unspecified atom stereocenters. The first-order valence-electron chi connectivity index (χ1n) is 7.91. The summed E-state index contributed by atoms with van der Waals surface area (Å²) in [5, 5.41) is 10.6. The molecule has 0 aliphatic carbocycles. The monoisotopic (exact) mass is 310 g/mol. The number of anilines is 1. The predicted molar refractivity (Wildman–Crippen MR) is 85.0 cm³/mol. The van der Waals surface area contributed by atoms with Crippen LogP contribution in [-0.4, -0.2) is 38.4 Å². The molecule has 1 saturated heterocycles. The highest BCUT2D eigenvalue weighted by atomic mass is 16.5. The van der Waals surface area contributed by atoms with Gasteiger partial charge in [0, 0.05) is 24.3 Å². The summed E-state index contributed by atoms with van der Waals surface area (Å²) in [6.45, 7) is 2.28. The van der Waals surface area contributed by atoms with E-state index in [1.165, 1.54) is 31.3 Å². The van der Waals surface area contributed by atoms with Crippen LogP contribution in [0, 0.1) is 0 Å². The molecule has 2 aromatic heterocycles. The van der Waals surface area contributed by atoms with E-state index in [0.717, 1.165) is 18.7 Å². The van der Waals surface area contributed by atoms with Crippen molar-refractivity contribution in [3.63, 3.8) is 0 Å². The number of aromatic nitrogens is 5. The standard InChI is InChI=1S/C16H18N6O/c1-2-8-22(9-3-1)13-6-4-12(5-7-13)16-19-15(23-21-16)10-14-17-11-18-20-14/h4-7,11H,1-3,8-10H2,(H,17,18,20). The van der Waals surface area contributed by atoms with Gasteiger partial charge < -0.3 is 9.42 Å². The van der Waals surface area contributed by atoms with E-state index in [4.69, 9.17) is 4.52 Å². The van der Waals surface area contributed by atoms with E-state index in [9.17, 15) is 0 Å². The van der Waals surface area contributed by atoms with Crippen molar-refractivity contribution in [2.45, 2.75) is 25.7 Å². The van der Waals surface area contributed by atoms with Crippen LogP contribution in [-0.2, 0) is 6.42 Å². The van der Waals surface area contributed by atoms with E-state index in [2.05, 4.69) is 42.4 Å². The smallest absolute Gasteiger partial charge is 0.234 e. The van der Waals surface area contributed by atoms with Gasteiger partial charge in [0.1, 0.15) is 12.2 Å². The lowest BCUT2D eigenvalue weighted by molar-refractivity contribution is 0.384. The highest BCUT2D eigenvalue weighted by Gasteiger charge is 2.13. The lowest BCUT2D eigenvalue weighted by Crippen LogP contribution is -2.29. The third kappa shape index (κ3) is 3.08. The molecule has 4 rings (SSSR count). The van der Waals surface area contributed by atoms with Crippen molar-refractivity contribution in [2.75, 3.05) is 18.0 Å². The molecular weight excluding hydrogens is 292 g/mol. The van der Waals surface area contributed by atoms with E-state index in [0.29, 0.717) is 24.0 Å². The fourth-order valence-electron chi connectivity index (χ4n) is 2.88. The summed E-state index contributed by atoms with van der Waals surface area (Å²) in [7, 11) is 0. The molecule has 3 aromatic rings. The minimum Gasteiger partial charge on any atom is -0.372 e. The Morgan fingerprint density at radius 2 is 1.91 bits per heavy atom. The summed E-state index contributed by atoms with van der Waals surface area (Å²) < 4.78 is 5.28. The van der Waals surface area contributed by atoms with Crippen molar-refractivity contribution in [3.8, 4) is 11.4 Å². The Bertz CT molecular complexity index is 743. The van der Waals surface area contributed by atoms with Crippen molar-refractivity contribution in [1.29, 1.82) is 0 Å². The molecule has 0 radical (unpaired) electrons. The van der Waals surface area contributed by atoms with Crippen molar-refractivity contribution in [3.05, 3.63) is 42.3 Å². The third-order valence-electron chi connectivity index (χ3n) is 4.10. The van der Waals surface area contributed by atoms with Gasteiger partial charge in [-0.25, -0.2) is 4.98 Å². The number of nitrogens with one attached hydrogen (secondary N) is 1. The maximum absolute atomic E-state index is 5.28. The summed E-state index contributed by atoms with van der Waals surface area (Å²) in [5.41, 5.74) is 2.22. The predicted octanol–water partition coefficient (Wildman–Crippen LogP) is 2.44. The molecule has 1 aromatic carbocycles. The van der Waals surface area contributed by atoms with E-state index < -0.39 is 0 Å². The molecule has 7 nitrogen and oxygen atoms in total. The van der Waals surface area contributed by atoms with Crippen LogP contribution in [0.4, 0.5) is 5.69 Å². The molecule has 1 fully saturated rings.